The second-order valence-corrected chi connectivity index (χ2v) is 7.25. The molecule has 0 radical (unpaired) electrons. The Morgan fingerprint density at radius 1 is 1.22 bits per heavy atom. The number of nitrogens with zero attached hydrogens (tertiary/aromatic N) is 2. The zero-order valence-electron chi connectivity index (χ0n) is 16.6. The molecule has 2 rings (SSSR count). The lowest BCUT2D eigenvalue weighted by molar-refractivity contribution is -0.117. The van der Waals surface area contributed by atoms with E-state index in [1.807, 2.05) is 38.1 Å². The van der Waals surface area contributed by atoms with E-state index < -0.39 is 0 Å². The number of hydrogen-bond donors (Lipinski definition) is 1. The van der Waals surface area contributed by atoms with Crippen molar-refractivity contribution in [3.05, 3.63) is 47.2 Å². The molecule has 1 N–H and O–H groups in total. The molecule has 0 bridgehead atoms. The Kier molecular flexibility index (Phi) is 7.58. The van der Waals surface area contributed by atoms with Crippen LogP contribution in [-0.4, -0.2) is 35.0 Å². The van der Waals surface area contributed by atoms with E-state index in [9.17, 15) is 9.59 Å². The average molecular weight is 371 g/mol. The number of carbonyl (C=O) groups is 2. The summed E-state index contributed by atoms with van der Waals surface area (Å²) in [5.41, 5.74) is 1.82. The molecule has 0 unspecified atom stereocenters. The van der Waals surface area contributed by atoms with E-state index in [1.54, 1.807) is 17.9 Å². The number of benzene rings is 1. The summed E-state index contributed by atoms with van der Waals surface area (Å²) >= 11 is 0. The smallest absolute Gasteiger partial charge is 0.254 e. The van der Waals surface area contributed by atoms with Crippen molar-refractivity contribution in [1.82, 2.24) is 10.1 Å². The molecule has 1 aromatic heterocycles. The number of aromatic nitrogens is 1. The summed E-state index contributed by atoms with van der Waals surface area (Å²) in [5.74, 6) is 0.785. The number of hydrogen-bond acceptors (Lipinski definition) is 4. The Hall–Kier alpha value is -2.63. The van der Waals surface area contributed by atoms with Crippen molar-refractivity contribution in [2.45, 2.75) is 47.0 Å². The number of rotatable bonds is 9. The lowest BCUT2D eigenvalue weighted by Crippen LogP contribution is -2.40. The highest BCUT2D eigenvalue weighted by atomic mass is 16.5. The fourth-order valence-electron chi connectivity index (χ4n) is 2.82. The molecular formula is C21H29N3O3. The molecular weight excluding hydrogens is 342 g/mol. The summed E-state index contributed by atoms with van der Waals surface area (Å²) in [6.07, 6.45) is 3.29. The molecule has 0 fully saturated rings. The van der Waals surface area contributed by atoms with E-state index in [0.717, 1.165) is 19.3 Å². The van der Waals surface area contributed by atoms with Crippen LogP contribution >= 0.6 is 0 Å². The van der Waals surface area contributed by atoms with E-state index in [-0.39, 0.29) is 24.3 Å². The first kappa shape index (κ1) is 20.7. The Morgan fingerprint density at radius 2 is 1.93 bits per heavy atom. The molecule has 2 aromatic rings. The normalized spacial score (nSPS) is 10.9. The van der Waals surface area contributed by atoms with Gasteiger partial charge in [-0.15, -0.1) is 0 Å². The highest BCUT2D eigenvalue weighted by Crippen LogP contribution is 2.13. The minimum atomic E-state index is -0.295. The molecule has 0 aliphatic carbocycles. The fraction of sp³-hybridized carbons (Fsp3) is 0.476. The third-order valence-corrected chi connectivity index (χ3v) is 4.12. The summed E-state index contributed by atoms with van der Waals surface area (Å²) in [7, 11) is 0. The van der Waals surface area contributed by atoms with Gasteiger partial charge in [-0.1, -0.05) is 44.5 Å². The predicted molar refractivity (Wildman–Crippen MR) is 106 cm³/mol. The summed E-state index contributed by atoms with van der Waals surface area (Å²) in [4.78, 5) is 26.8. The van der Waals surface area contributed by atoms with Gasteiger partial charge in [-0.05, 0) is 43.4 Å². The van der Waals surface area contributed by atoms with Crippen molar-refractivity contribution < 1.29 is 14.1 Å². The number of amides is 2. The highest BCUT2D eigenvalue weighted by Gasteiger charge is 2.20. The molecule has 0 aliphatic heterocycles. The van der Waals surface area contributed by atoms with E-state index in [0.29, 0.717) is 23.7 Å². The van der Waals surface area contributed by atoms with Crippen LogP contribution < -0.4 is 5.32 Å². The molecule has 1 aromatic carbocycles. The lowest BCUT2D eigenvalue weighted by Gasteiger charge is -2.24. The molecule has 6 heteroatoms. The van der Waals surface area contributed by atoms with E-state index >= 15 is 0 Å². The van der Waals surface area contributed by atoms with E-state index in [2.05, 4.69) is 17.4 Å². The maximum atomic E-state index is 12.9. The minimum Gasteiger partial charge on any atom is -0.360 e. The van der Waals surface area contributed by atoms with Gasteiger partial charge in [0.1, 0.15) is 12.3 Å². The van der Waals surface area contributed by atoms with Crippen molar-refractivity contribution in [3.8, 4) is 0 Å². The monoisotopic (exact) mass is 371 g/mol. The van der Waals surface area contributed by atoms with Crippen molar-refractivity contribution in [3.63, 3.8) is 0 Å². The van der Waals surface area contributed by atoms with Crippen molar-refractivity contribution in [2.75, 3.05) is 18.4 Å². The van der Waals surface area contributed by atoms with Gasteiger partial charge in [-0.2, -0.15) is 0 Å². The molecule has 0 saturated heterocycles. The molecule has 146 valence electrons. The number of nitrogens with one attached hydrogen (secondary N) is 1. The molecule has 27 heavy (non-hydrogen) atoms. The number of aryl methyl sites for hydroxylation is 2. The van der Waals surface area contributed by atoms with Gasteiger partial charge in [0.2, 0.25) is 5.91 Å². The highest BCUT2D eigenvalue weighted by molar-refractivity contribution is 5.99. The van der Waals surface area contributed by atoms with Crippen LogP contribution in [0, 0.1) is 12.8 Å². The van der Waals surface area contributed by atoms with Crippen LogP contribution in [0.25, 0.3) is 0 Å². The summed E-state index contributed by atoms with van der Waals surface area (Å²) in [6, 6.07) is 9.32. The van der Waals surface area contributed by atoms with Gasteiger partial charge >= 0.3 is 0 Å². The van der Waals surface area contributed by atoms with Crippen LogP contribution in [0.3, 0.4) is 0 Å². The van der Waals surface area contributed by atoms with Crippen LogP contribution in [0.4, 0.5) is 5.82 Å². The first-order chi connectivity index (χ1) is 12.9. The quantitative estimate of drug-likeness (QED) is 0.721. The number of unbranched alkanes of at least 4 members (excludes halogenated alkanes) is 1. The van der Waals surface area contributed by atoms with Gasteiger partial charge in [0.05, 0.1) is 0 Å². The van der Waals surface area contributed by atoms with Crippen LogP contribution in [0.15, 0.2) is 34.9 Å². The Bertz CT molecular complexity index is 750. The molecule has 1 heterocycles. The SMILES string of the molecule is CCCCc1ccc(C(=O)N(CC(=O)Nc2cc(C)on2)CC(C)C)cc1. The first-order valence-electron chi connectivity index (χ1n) is 9.50. The maximum absolute atomic E-state index is 12.9. The van der Waals surface area contributed by atoms with Crippen molar-refractivity contribution in [2.24, 2.45) is 5.92 Å². The molecule has 0 saturated carbocycles. The third kappa shape index (κ3) is 6.55. The van der Waals surface area contributed by atoms with Crippen molar-refractivity contribution in [1.29, 1.82) is 0 Å². The van der Waals surface area contributed by atoms with E-state index in [4.69, 9.17) is 4.52 Å². The van der Waals surface area contributed by atoms with Gasteiger partial charge in [0, 0.05) is 18.2 Å². The van der Waals surface area contributed by atoms with Crippen LogP contribution in [0.1, 0.15) is 55.3 Å². The third-order valence-electron chi connectivity index (χ3n) is 4.12. The lowest BCUT2D eigenvalue weighted by atomic mass is 10.1. The van der Waals surface area contributed by atoms with Gasteiger partial charge in [-0.3, -0.25) is 9.59 Å². The summed E-state index contributed by atoms with van der Waals surface area (Å²) in [5, 5.41) is 6.42. The summed E-state index contributed by atoms with van der Waals surface area (Å²) < 4.78 is 4.95. The topological polar surface area (TPSA) is 75.4 Å². The van der Waals surface area contributed by atoms with Crippen molar-refractivity contribution >= 4 is 17.6 Å². The standard InChI is InChI=1S/C21H29N3O3/c1-5-6-7-17-8-10-18(11-9-17)21(26)24(13-15(2)3)14-20(25)22-19-12-16(4)27-23-19/h8-12,15H,5-7,13-14H2,1-4H3,(H,22,23,25). The minimum absolute atomic E-state index is 0.0273. The zero-order chi connectivity index (χ0) is 19.8. The maximum Gasteiger partial charge on any atom is 0.254 e. The molecule has 2 amide bonds. The van der Waals surface area contributed by atoms with Gasteiger partial charge in [0.15, 0.2) is 5.82 Å². The van der Waals surface area contributed by atoms with Gasteiger partial charge in [0.25, 0.3) is 5.91 Å². The number of carbonyl (C=O) groups excluding carboxylic acids is 2. The first-order valence-corrected chi connectivity index (χ1v) is 9.50. The summed E-state index contributed by atoms with van der Waals surface area (Å²) in [6.45, 7) is 8.43. The molecule has 6 nitrogen and oxygen atoms in total. The largest absolute Gasteiger partial charge is 0.360 e. The second kappa shape index (κ2) is 9.90. The van der Waals surface area contributed by atoms with Crippen LogP contribution in [0.2, 0.25) is 0 Å². The fourth-order valence-corrected chi connectivity index (χ4v) is 2.82. The molecule has 0 atom stereocenters. The van der Waals surface area contributed by atoms with Gasteiger partial charge in [-0.25, -0.2) is 0 Å². The molecule has 0 aliphatic rings. The average Bonchev–Trinajstić information content (AvgIpc) is 3.03. The predicted octanol–water partition coefficient (Wildman–Crippen LogP) is 4.06. The van der Waals surface area contributed by atoms with Gasteiger partial charge < -0.3 is 14.7 Å². The molecule has 0 spiro atoms. The Labute approximate surface area is 160 Å². The Morgan fingerprint density at radius 3 is 2.48 bits per heavy atom. The van der Waals surface area contributed by atoms with E-state index in [1.165, 1.54) is 5.56 Å². The zero-order valence-corrected chi connectivity index (χ0v) is 16.6. The second-order valence-electron chi connectivity index (χ2n) is 7.25. The van der Waals surface area contributed by atoms with Crippen LogP contribution in [0.5, 0.6) is 0 Å². The van der Waals surface area contributed by atoms with Crippen LogP contribution in [-0.2, 0) is 11.2 Å². The Balaban J connectivity index is 2.05. The number of anilines is 1.